The molecule has 2 aliphatic rings. The van der Waals surface area contributed by atoms with Gasteiger partial charge in [-0.3, -0.25) is 4.79 Å². The third-order valence-corrected chi connectivity index (χ3v) is 5.34. The molecule has 0 spiro atoms. The molecule has 16 heavy (non-hydrogen) atoms. The number of hydrogen-bond donors (Lipinski definition) is 1. The molecule has 0 unspecified atom stereocenters. The average molecular weight is 225 g/mol. The van der Waals surface area contributed by atoms with Gasteiger partial charge in [-0.1, -0.05) is 25.9 Å². The highest BCUT2D eigenvalue weighted by molar-refractivity contribution is 6.00. The fourth-order valence-electron chi connectivity index (χ4n) is 3.60. The third-order valence-electron chi connectivity index (χ3n) is 5.34. The highest BCUT2D eigenvalue weighted by atomic mass is 16.6. The van der Waals surface area contributed by atoms with Crippen molar-refractivity contribution in [1.29, 1.82) is 0 Å². The Morgan fingerprint density at radius 2 is 2.00 bits per heavy atom. The maximum absolute atomic E-state index is 11.6. The highest BCUT2D eigenvalue weighted by Gasteiger charge is 2.72. The van der Waals surface area contributed by atoms with Crippen LogP contribution in [0, 0.1) is 16.2 Å². The van der Waals surface area contributed by atoms with Gasteiger partial charge in [0.25, 0.3) is 0 Å². The van der Waals surface area contributed by atoms with Crippen molar-refractivity contribution in [1.82, 2.24) is 0 Å². The monoisotopic (exact) mass is 225 g/mol. The summed E-state index contributed by atoms with van der Waals surface area (Å²) in [5.74, 6) is -0.692. The molecule has 2 rings (SSSR count). The van der Waals surface area contributed by atoms with Gasteiger partial charge in [0, 0.05) is 11.8 Å². The lowest BCUT2D eigenvalue weighted by Gasteiger charge is -2.37. The van der Waals surface area contributed by atoms with Gasteiger partial charge >= 0.3 is 5.97 Å². The Bertz CT molecular complexity index is 374. The molecule has 0 aliphatic heterocycles. The average Bonchev–Trinajstić information content (AvgIpc) is 2.48. The van der Waals surface area contributed by atoms with Crippen molar-refractivity contribution in [3.05, 3.63) is 0 Å². The van der Waals surface area contributed by atoms with Gasteiger partial charge in [-0.25, -0.2) is 0 Å². The van der Waals surface area contributed by atoms with Crippen LogP contribution >= 0.6 is 0 Å². The molecule has 4 heteroatoms. The minimum absolute atomic E-state index is 0.137. The Morgan fingerprint density at radius 1 is 1.38 bits per heavy atom. The lowest BCUT2D eigenvalue weighted by molar-refractivity contribution is -0.154. The summed E-state index contributed by atoms with van der Waals surface area (Å²) in [4.78, 5) is 16.4. The summed E-state index contributed by atoms with van der Waals surface area (Å²) >= 11 is 0. The summed E-state index contributed by atoms with van der Waals surface area (Å²) in [6.45, 7) is 6.21. The van der Waals surface area contributed by atoms with Crippen LogP contribution in [0.15, 0.2) is 5.16 Å². The van der Waals surface area contributed by atoms with Crippen molar-refractivity contribution in [2.75, 3.05) is 7.11 Å². The molecule has 2 bridgehead atoms. The SMILES string of the molecule is CO/N=C1/C[C@@]2(C(=O)O)CC[C@]1(C)C2(C)C. The first-order valence-corrected chi connectivity index (χ1v) is 5.66. The normalized spacial score (nSPS) is 42.6. The minimum atomic E-state index is -0.692. The van der Waals surface area contributed by atoms with Gasteiger partial charge in [-0.15, -0.1) is 0 Å². The van der Waals surface area contributed by atoms with Crippen LogP contribution in [0.25, 0.3) is 0 Å². The summed E-state index contributed by atoms with van der Waals surface area (Å²) in [6, 6.07) is 0. The Hall–Kier alpha value is -1.06. The largest absolute Gasteiger partial charge is 0.481 e. The van der Waals surface area contributed by atoms with Crippen LogP contribution in [0.1, 0.15) is 40.0 Å². The number of aliphatic carboxylic acids is 1. The van der Waals surface area contributed by atoms with Gasteiger partial charge in [-0.05, 0) is 18.3 Å². The van der Waals surface area contributed by atoms with Crippen molar-refractivity contribution >= 4 is 11.7 Å². The molecule has 0 heterocycles. The summed E-state index contributed by atoms with van der Waals surface area (Å²) in [5.41, 5.74) is -0.141. The Balaban J connectivity index is 2.55. The van der Waals surface area contributed by atoms with E-state index in [0.717, 1.165) is 18.6 Å². The molecular weight excluding hydrogens is 206 g/mol. The zero-order valence-electron chi connectivity index (χ0n) is 10.3. The fraction of sp³-hybridized carbons (Fsp3) is 0.833. The van der Waals surface area contributed by atoms with E-state index < -0.39 is 11.4 Å². The van der Waals surface area contributed by atoms with Crippen LogP contribution in [0.4, 0.5) is 0 Å². The van der Waals surface area contributed by atoms with E-state index in [0.29, 0.717) is 6.42 Å². The number of fused-ring (bicyclic) bond motifs is 2. The van der Waals surface area contributed by atoms with E-state index in [9.17, 15) is 9.90 Å². The second-order valence-electron chi connectivity index (χ2n) is 5.74. The van der Waals surface area contributed by atoms with E-state index in [-0.39, 0.29) is 10.8 Å². The summed E-state index contributed by atoms with van der Waals surface area (Å²) in [6.07, 6.45) is 2.16. The molecule has 0 saturated heterocycles. The zero-order chi connectivity index (χ0) is 12.2. The highest BCUT2D eigenvalue weighted by Crippen LogP contribution is 2.70. The van der Waals surface area contributed by atoms with Gasteiger partial charge in [0.2, 0.25) is 0 Å². The first-order chi connectivity index (χ1) is 7.32. The fourth-order valence-corrected chi connectivity index (χ4v) is 3.60. The molecule has 2 saturated carbocycles. The van der Waals surface area contributed by atoms with Crippen LogP contribution in [-0.2, 0) is 9.63 Å². The second kappa shape index (κ2) is 2.99. The first kappa shape index (κ1) is 11.4. The molecule has 0 amide bonds. The van der Waals surface area contributed by atoms with Gasteiger partial charge in [-0.2, -0.15) is 0 Å². The maximum atomic E-state index is 11.6. The molecular formula is C12H19NO3. The summed E-state index contributed by atoms with van der Waals surface area (Å²) in [5, 5.41) is 13.6. The molecule has 0 aromatic heterocycles. The van der Waals surface area contributed by atoms with Crippen LogP contribution in [0.2, 0.25) is 0 Å². The number of carboxylic acid groups (broad SMARTS) is 1. The van der Waals surface area contributed by atoms with E-state index in [2.05, 4.69) is 12.1 Å². The van der Waals surface area contributed by atoms with E-state index in [1.54, 1.807) is 0 Å². The van der Waals surface area contributed by atoms with Crippen molar-refractivity contribution in [3.63, 3.8) is 0 Å². The third kappa shape index (κ3) is 0.955. The summed E-state index contributed by atoms with van der Waals surface area (Å²) in [7, 11) is 1.52. The smallest absolute Gasteiger partial charge is 0.310 e. The Labute approximate surface area is 95.7 Å². The number of oxime groups is 1. The van der Waals surface area contributed by atoms with Crippen LogP contribution < -0.4 is 0 Å². The zero-order valence-corrected chi connectivity index (χ0v) is 10.3. The quantitative estimate of drug-likeness (QED) is 0.733. The van der Waals surface area contributed by atoms with Crippen molar-refractivity contribution < 1.29 is 14.7 Å². The molecule has 0 aromatic carbocycles. The summed E-state index contributed by atoms with van der Waals surface area (Å²) < 4.78 is 0. The van der Waals surface area contributed by atoms with Gasteiger partial charge in [0.05, 0.1) is 11.1 Å². The number of nitrogens with zero attached hydrogens (tertiary/aromatic N) is 1. The van der Waals surface area contributed by atoms with Crippen LogP contribution in [-0.4, -0.2) is 23.9 Å². The van der Waals surface area contributed by atoms with Crippen molar-refractivity contribution in [2.45, 2.75) is 40.0 Å². The minimum Gasteiger partial charge on any atom is -0.481 e. The van der Waals surface area contributed by atoms with Gasteiger partial charge in [0.1, 0.15) is 7.11 Å². The number of hydrogen-bond acceptors (Lipinski definition) is 3. The molecule has 2 atom stereocenters. The standard InChI is InChI=1S/C12H19NO3/c1-10(2)11(3)5-6-12(10,9(14)15)7-8(11)13-16-4/h5-7H2,1-4H3,(H,14,15)/b13-8-/t11-,12+/m0/s1. The second-order valence-corrected chi connectivity index (χ2v) is 5.74. The van der Waals surface area contributed by atoms with Crippen LogP contribution in [0.5, 0.6) is 0 Å². The topological polar surface area (TPSA) is 58.9 Å². The maximum Gasteiger partial charge on any atom is 0.310 e. The van der Waals surface area contributed by atoms with Crippen molar-refractivity contribution in [3.8, 4) is 0 Å². The van der Waals surface area contributed by atoms with E-state index in [1.807, 2.05) is 13.8 Å². The molecule has 0 radical (unpaired) electrons. The van der Waals surface area contributed by atoms with Gasteiger partial charge < -0.3 is 9.94 Å². The van der Waals surface area contributed by atoms with Gasteiger partial charge in [0.15, 0.2) is 0 Å². The molecule has 1 N–H and O–H groups in total. The molecule has 0 aromatic rings. The first-order valence-electron chi connectivity index (χ1n) is 5.66. The predicted octanol–water partition coefficient (Wildman–Crippen LogP) is 2.29. The Kier molecular flexibility index (Phi) is 2.14. The lowest BCUT2D eigenvalue weighted by Crippen LogP contribution is -2.40. The number of rotatable bonds is 2. The number of carboxylic acids is 1. The molecule has 90 valence electrons. The molecule has 2 fully saturated rings. The van der Waals surface area contributed by atoms with Crippen LogP contribution in [0.3, 0.4) is 0 Å². The Morgan fingerprint density at radius 3 is 2.44 bits per heavy atom. The number of carbonyl (C=O) groups is 1. The van der Waals surface area contributed by atoms with E-state index in [1.165, 1.54) is 7.11 Å². The van der Waals surface area contributed by atoms with Crippen molar-refractivity contribution in [2.24, 2.45) is 21.4 Å². The van der Waals surface area contributed by atoms with E-state index in [4.69, 9.17) is 4.84 Å². The lowest BCUT2D eigenvalue weighted by atomic mass is 9.65. The molecule has 4 nitrogen and oxygen atoms in total. The predicted molar refractivity (Wildman–Crippen MR) is 60.3 cm³/mol. The molecule has 2 aliphatic carbocycles. The van der Waals surface area contributed by atoms with E-state index >= 15 is 0 Å².